The van der Waals surface area contributed by atoms with Crippen LogP contribution in [0.15, 0.2) is 28.7 Å². The van der Waals surface area contributed by atoms with Gasteiger partial charge in [0.25, 0.3) is 0 Å². The first kappa shape index (κ1) is 12.2. The molecule has 2 rings (SSSR count). The fourth-order valence-electron chi connectivity index (χ4n) is 1.43. The van der Waals surface area contributed by atoms with Crippen molar-refractivity contribution in [2.24, 2.45) is 5.92 Å². The van der Waals surface area contributed by atoms with E-state index in [0.29, 0.717) is 5.92 Å². The molecule has 0 heterocycles. The fraction of sp³-hybridized carbons (Fsp3) is 0.308. The highest BCUT2D eigenvalue weighted by atomic mass is 79.9. The standard InChI is InChI=1S/C13H13BrO3/c14-11-4-5-12(17-8-9-1-2-9)10(7-11)3-6-13(15)16/h3-7,9H,1-2,8H2,(H,15,16)/b6-3+. The summed E-state index contributed by atoms with van der Waals surface area (Å²) in [4.78, 5) is 10.5. The molecule has 1 saturated carbocycles. The van der Waals surface area contributed by atoms with Crippen molar-refractivity contribution in [2.45, 2.75) is 12.8 Å². The third-order valence-corrected chi connectivity index (χ3v) is 3.04. The van der Waals surface area contributed by atoms with E-state index in [1.807, 2.05) is 18.2 Å². The topological polar surface area (TPSA) is 46.5 Å². The Morgan fingerprint density at radius 2 is 2.29 bits per heavy atom. The Bertz CT molecular complexity index is 450. The van der Waals surface area contributed by atoms with E-state index in [4.69, 9.17) is 9.84 Å². The molecule has 0 unspecified atom stereocenters. The van der Waals surface area contributed by atoms with Crippen LogP contribution in [0.25, 0.3) is 6.08 Å². The molecule has 0 aliphatic heterocycles. The Balaban J connectivity index is 2.13. The molecule has 1 aliphatic rings. The number of carboxylic acid groups (broad SMARTS) is 1. The number of hydrogen-bond acceptors (Lipinski definition) is 2. The van der Waals surface area contributed by atoms with Crippen molar-refractivity contribution < 1.29 is 14.6 Å². The molecular weight excluding hydrogens is 284 g/mol. The van der Waals surface area contributed by atoms with Crippen molar-refractivity contribution in [1.82, 2.24) is 0 Å². The SMILES string of the molecule is O=C(O)/C=C/c1cc(Br)ccc1OCC1CC1. The maximum Gasteiger partial charge on any atom is 0.328 e. The first-order chi connectivity index (χ1) is 8.15. The summed E-state index contributed by atoms with van der Waals surface area (Å²) in [5.74, 6) is 0.450. The quantitative estimate of drug-likeness (QED) is 0.848. The smallest absolute Gasteiger partial charge is 0.328 e. The molecule has 17 heavy (non-hydrogen) atoms. The molecule has 0 bridgehead atoms. The van der Waals surface area contributed by atoms with Crippen LogP contribution in [0.5, 0.6) is 5.75 Å². The molecule has 0 amide bonds. The third kappa shape index (κ3) is 3.89. The second-order valence-electron chi connectivity index (χ2n) is 4.11. The van der Waals surface area contributed by atoms with Gasteiger partial charge in [-0.3, -0.25) is 0 Å². The summed E-state index contributed by atoms with van der Waals surface area (Å²) < 4.78 is 6.59. The van der Waals surface area contributed by atoms with E-state index in [2.05, 4.69) is 15.9 Å². The van der Waals surface area contributed by atoms with Gasteiger partial charge in [-0.05, 0) is 43.0 Å². The zero-order valence-electron chi connectivity index (χ0n) is 9.23. The van der Waals surface area contributed by atoms with Crippen LogP contribution in [-0.4, -0.2) is 17.7 Å². The van der Waals surface area contributed by atoms with Crippen molar-refractivity contribution in [3.63, 3.8) is 0 Å². The summed E-state index contributed by atoms with van der Waals surface area (Å²) in [6, 6.07) is 5.59. The van der Waals surface area contributed by atoms with Gasteiger partial charge in [-0.2, -0.15) is 0 Å². The summed E-state index contributed by atoms with van der Waals surface area (Å²) in [7, 11) is 0. The van der Waals surface area contributed by atoms with E-state index in [1.165, 1.54) is 12.8 Å². The molecule has 4 heteroatoms. The van der Waals surface area contributed by atoms with Gasteiger partial charge in [0.15, 0.2) is 0 Å². The minimum Gasteiger partial charge on any atom is -0.493 e. The van der Waals surface area contributed by atoms with Gasteiger partial charge in [0.2, 0.25) is 0 Å². The molecule has 0 saturated heterocycles. The van der Waals surface area contributed by atoms with Crippen LogP contribution in [-0.2, 0) is 4.79 Å². The van der Waals surface area contributed by atoms with Gasteiger partial charge < -0.3 is 9.84 Å². The number of carbonyl (C=O) groups is 1. The lowest BCUT2D eigenvalue weighted by Crippen LogP contribution is -2.00. The van der Waals surface area contributed by atoms with Gasteiger partial charge in [0, 0.05) is 16.1 Å². The Hall–Kier alpha value is -1.29. The van der Waals surface area contributed by atoms with Gasteiger partial charge in [-0.15, -0.1) is 0 Å². The number of benzene rings is 1. The number of halogens is 1. The van der Waals surface area contributed by atoms with Crippen molar-refractivity contribution in [3.8, 4) is 5.75 Å². The predicted octanol–water partition coefficient (Wildman–Crippen LogP) is 3.34. The molecule has 1 fully saturated rings. The Morgan fingerprint density at radius 3 is 2.94 bits per heavy atom. The van der Waals surface area contributed by atoms with Crippen LogP contribution in [0.4, 0.5) is 0 Å². The molecule has 1 N–H and O–H groups in total. The molecule has 1 aromatic rings. The number of carboxylic acids is 1. The predicted molar refractivity (Wildman–Crippen MR) is 69.0 cm³/mol. The zero-order chi connectivity index (χ0) is 12.3. The lowest BCUT2D eigenvalue weighted by Gasteiger charge is -2.08. The van der Waals surface area contributed by atoms with Crippen molar-refractivity contribution in [1.29, 1.82) is 0 Å². The van der Waals surface area contributed by atoms with Crippen LogP contribution in [0.3, 0.4) is 0 Å². The van der Waals surface area contributed by atoms with E-state index >= 15 is 0 Å². The van der Waals surface area contributed by atoms with Crippen molar-refractivity contribution in [2.75, 3.05) is 6.61 Å². The first-order valence-electron chi connectivity index (χ1n) is 5.48. The van der Waals surface area contributed by atoms with E-state index in [0.717, 1.165) is 28.5 Å². The highest BCUT2D eigenvalue weighted by Gasteiger charge is 2.22. The van der Waals surface area contributed by atoms with Crippen molar-refractivity contribution in [3.05, 3.63) is 34.3 Å². The van der Waals surface area contributed by atoms with Crippen LogP contribution in [0.2, 0.25) is 0 Å². The molecule has 3 nitrogen and oxygen atoms in total. The average molecular weight is 297 g/mol. The minimum absolute atomic E-state index is 0.676. The van der Waals surface area contributed by atoms with Crippen LogP contribution in [0, 0.1) is 5.92 Å². The molecule has 1 aromatic carbocycles. The average Bonchev–Trinajstić information content (AvgIpc) is 3.09. The molecule has 0 aromatic heterocycles. The summed E-state index contributed by atoms with van der Waals surface area (Å²) in [6.45, 7) is 0.718. The Morgan fingerprint density at radius 1 is 1.53 bits per heavy atom. The number of ether oxygens (including phenoxy) is 1. The van der Waals surface area contributed by atoms with Crippen LogP contribution < -0.4 is 4.74 Å². The monoisotopic (exact) mass is 296 g/mol. The van der Waals surface area contributed by atoms with Gasteiger partial charge >= 0.3 is 5.97 Å². The molecular formula is C13H13BrO3. The molecule has 0 atom stereocenters. The maximum atomic E-state index is 10.5. The van der Waals surface area contributed by atoms with E-state index in [1.54, 1.807) is 6.08 Å². The molecule has 90 valence electrons. The number of aliphatic carboxylic acids is 1. The number of hydrogen-bond donors (Lipinski definition) is 1. The van der Waals surface area contributed by atoms with Crippen molar-refractivity contribution >= 4 is 28.0 Å². The van der Waals surface area contributed by atoms with Crippen LogP contribution >= 0.6 is 15.9 Å². The summed E-state index contributed by atoms with van der Waals surface area (Å²) in [6.07, 6.45) is 5.13. The third-order valence-electron chi connectivity index (χ3n) is 2.55. The fourth-order valence-corrected chi connectivity index (χ4v) is 1.81. The van der Waals surface area contributed by atoms with Gasteiger partial charge in [-0.25, -0.2) is 4.79 Å². The lowest BCUT2D eigenvalue weighted by molar-refractivity contribution is -0.131. The van der Waals surface area contributed by atoms with E-state index < -0.39 is 5.97 Å². The largest absolute Gasteiger partial charge is 0.493 e. The summed E-state index contributed by atoms with van der Waals surface area (Å²) in [5, 5.41) is 8.62. The maximum absolute atomic E-state index is 10.5. The van der Waals surface area contributed by atoms with Crippen LogP contribution in [0.1, 0.15) is 18.4 Å². The molecule has 1 aliphatic carbocycles. The highest BCUT2D eigenvalue weighted by Crippen LogP contribution is 2.31. The minimum atomic E-state index is -0.960. The lowest BCUT2D eigenvalue weighted by atomic mass is 10.2. The number of rotatable bonds is 5. The van der Waals surface area contributed by atoms with Gasteiger partial charge in [0.05, 0.1) is 6.61 Å². The normalized spacial score (nSPS) is 15.1. The zero-order valence-corrected chi connectivity index (χ0v) is 10.8. The first-order valence-corrected chi connectivity index (χ1v) is 6.28. The Labute approximate surface area is 108 Å². The summed E-state index contributed by atoms with van der Waals surface area (Å²) >= 11 is 3.36. The van der Waals surface area contributed by atoms with E-state index in [-0.39, 0.29) is 0 Å². The highest BCUT2D eigenvalue weighted by molar-refractivity contribution is 9.10. The molecule has 0 radical (unpaired) electrons. The second kappa shape index (κ2) is 5.36. The Kier molecular flexibility index (Phi) is 3.84. The molecule has 0 spiro atoms. The van der Waals surface area contributed by atoms with Gasteiger partial charge in [0.1, 0.15) is 5.75 Å². The van der Waals surface area contributed by atoms with E-state index in [9.17, 15) is 4.79 Å². The summed E-state index contributed by atoms with van der Waals surface area (Å²) in [5.41, 5.74) is 0.780. The second-order valence-corrected chi connectivity index (χ2v) is 5.02. The van der Waals surface area contributed by atoms with Gasteiger partial charge in [-0.1, -0.05) is 15.9 Å².